The number of nitrogens with zero attached hydrogens (tertiary/aromatic N) is 1. The normalized spacial score (nSPS) is 10.6. The largest absolute Gasteiger partial charge is 0.493 e. The first-order valence-electron chi connectivity index (χ1n) is 6.71. The van der Waals surface area contributed by atoms with E-state index in [4.69, 9.17) is 15.2 Å². The van der Waals surface area contributed by atoms with Crippen molar-refractivity contribution in [3.63, 3.8) is 0 Å². The van der Waals surface area contributed by atoms with Crippen molar-refractivity contribution in [2.45, 2.75) is 6.54 Å². The van der Waals surface area contributed by atoms with Gasteiger partial charge in [0.2, 0.25) is 5.88 Å². The zero-order chi connectivity index (χ0) is 14.7. The van der Waals surface area contributed by atoms with Crippen LogP contribution < -0.4 is 15.2 Å². The minimum absolute atomic E-state index is 0.463. The summed E-state index contributed by atoms with van der Waals surface area (Å²) in [5, 5.41) is 1.08. The molecule has 0 radical (unpaired) electrons. The van der Waals surface area contributed by atoms with Gasteiger partial charge in [0.15, 0.2) is 11.5 Å². The Labute approximate surface area is 123 Å². The molecule has 4 heteroatoms. The minimum Gasteiger partial charge on any atom is -0.493 e. The number of benzene rings is 2. The van der Waals surface area contributed by atoms with Gasteiger partial charge in [-0.2, -0.15) is 0 Å². The van der Waals surface area contributed by atoms with Gasteiger partial charge in [0.05, 0.1) is 12.6 Å². The molecular formula is C17H16N2O2. The Bertz CT molecular complexity index is 772. The van der Waals surface area contributed by atoms with E-state index in [1.165, 1.54) is 0 Å². The van der Waals surface area contributed by atoms with Crippen LogP contribution in [0.25, 0.3) is 10.9 Å². The fourth-order valence-corrected chi connectivity index (χ4v) is 2.14. The van der Waals surface area contributed by atoms with Crippen molar-refractivity contribution in [2.75, 3.05) is 7.11 Å². The first-order chi connectivity index (χ1) is 10.3. The van der Waals surface area contributed by atoms with E-state index in [0.29, 0.717) is 23.9 Å². The lowest BCUT2D eigenvalue weighted by Gasteiger charge is -2.11. The van der Waals surface area contributed by atoms with Gasteiger partial charge in [-0.3, -0.25) is 0 Å². The number of pyridine rings is 1. The Balaban J connectivity index is 1.94. The molecule has 0 bridgehead atoms. The number of hydrogen-bond acceptors (Lipinski definition) is 4. The van der Waals surface area contributed by atoms with Crippen molar-refractivity contribution in [1.82, 2.24) is 4.98 Å². The first kappa shape index (κ1) is 13.4. The highest BCUT2D eigenvalue weighted by Crippen LogP contribution is 2.32. The molecule has 0 amide bonds. The number of methoxy groups -OCH3 is 1. The van der Waals surface area contributed by atoms with Crippen LogP contribution in [0.2, 0.25) is 0 Å². The third-order valence-electron chi connectivity index (χ3n) is 3.25. The highest BCUT2D eigenvalue weighted by molar-refractivity contribution is 5.78. The van der Waals surface area contributed by atoms with Gasteiger partial charge < -0.3 is 15.2 Å². The van der Waals surface area contributed by atoms with Crippen LogP contribution in [0.4, 0.5) is 0 Å². The van der Waals surface area contributed by atoms with Crippen molar-refractivity contribution >= 4 is 10.9 Å². The second-order valence-corrected chi connectivity index (χ2v) is 4.63. The molecule has 0 aliphatic rings. The molecule has 1 aromatic heterocycles. The quantitative estimate of drug-likeness (QED) is 0.794. The fourth-order valence-electron chi connectivity index (χ4n) is 2.14. The Morgan fingerprint density at radius 1 is 1.00 bits per heavy atom. The molecule has 0 saturated heterocycles. The average Bonchev–Trinajstić information content (AvgIpc) is 2.55. The van der Waals surface area contributed by atoms with Crippen molar-refractivity contribution < 1.29 is 9.47 Å². The summed E-state index contributed by atoms with van der Waals surface area (Å²) < 4.78 is 11.2. The molecule has 0 fully saturated rings. The van der Waals surface area contributed by atoms with Gasteiger partial charge in [0.25, 0.3) is 0 Å². The lowest BCUT2D eigenvalue weighted by molar-refractivity contribution is 0.374. The molecule has 3 aromatic rings. The van der Waals surface area contributed by atoms with Crippen LogP contribution in [0.5, 0.6) is 17.4 Å². The van der Waals surface area contributed by atoms with Crippen LogP contribution in [0, 0.1) is 0 Å². The molecule has 106 valence electrons. The predicted molar refractivity (Wildman–Crippen MR) is 82.7 cm³/mol. The Morgan fingerprint density at radius 3 is 2.67 bits per heavy atom. The van der Waals surface area contributed by atoms with Gasteiger partial charge in [-0.05, 0) is 29.8 Å². The standard InChI is InChI=1S/C17H16N2O2/c1-20-16-10-12(11-18)6-8-15(16)21-17-9-7-13-4-2-3-5-14(13)19-17/h2-10H,11,18H2,1H3. The number of aromatic nitrogens is 1. The summed E-state index contributed by atoms with van der Waals surface area (Å²) in [5.74, 6) is 1.80. The van der Waals surface area contributed by atoms with E-state index in [1.807, 2.05) is 54.6 Å². The van der Waals surface area contributed by atoms with E-state index in [1.54, 1.807) is 7.11 Å². The predicted octanol–water partition coefficient (Wildman–Crippen LogP) is 3.49. The van der Waals surface area contributed by atoms with Gasteiger partial charge in [-0.1, -0.05) is 24.3 Å². The third kappa shape index (κ3) is 2.80. The molecule has 0 saturated carbocycles. The van der Waals surface area contributed by atoms with Crippen molar-refractivity contribution in [2.24, 2.45) is 5.73 Å². The molecule has 0 unspecified atom stereocenters. The van der Waals surface area contributed by atoms with Crippen molar-refractivity contribution in [1.29, 1.82) is 0 Å². The Kier molecular flexibility index (Phi) is 3.71. The van der Waals surface area contributed by atoms with Gasteiger partial charge in [0, 0.05) is 18.0 Å². The molecule has 1 heterocycles. The number of para-hydroxylation sites is 1. The zero-order valence-electron chi connectivity index (χ0n) is 11.7. The molecule has 21 heavy (non-hydrogen) atoms. The minimum atomic E-state index is 0.463. The number of hydrogen-bond donors (Lipinski definition) is 1. The highest BCUT2D eigenvalue weighted by atomic mass is 16.5. The van der Waals surface area contributed by atoms with Crippen LogP contribution in [-0.4, -0.2) is 12.1 Å². The maximum Gasteiger partial charge on any atom is 0.219 e. The van der Waals surface area contributed by atoms with Gasteiger partial charge >= 0.3 is 0 Å². The summed E-state index contributed by atoms with van der Waals surface area (Å²) in [4.78, 5) is 4.49. The monoisotopic (exact) mass is 280 g/mol. The average molecular weight is 280 g/mol. The topological polar surface area (TPSA) is 57.4 Å². The number of nitrogens with two attached hydrogens (primary N) is 1. The zero-order valence-corrected chi connectivity index (χ0v) is 11.7. The Morgan fingerprint density at radius 2 is 1.86 bits per heavy atom. The maximum atomic E-state index is 5.83. The van der Waals surface area contributed by atoms with Gasteiger partial charge in [0.1, 0.15) is 0 Å². The summed E-state index contributed by atoms with van der Waals surface area (Å²) in [7, 11) is 1.61. The van der Waals surface area contributed by atoms with E-state index in [0.717, 1.165) is 16.5 Å². The van der Waals surface area contributed by atoms with Crippen LogP contribution in [0.3, 0.4) is 0 Å². The Hall–Kier alpha value is -2.59. The highest BCUT2D eigenvalue weighted by Gasteiger charge is 2.08. The number of fused-ring (bicyclic) bond motifs is 1. The summed E-state index contributed by atoms with van der Waals surface area (Å²) in [6.07, 6.45) is 0. The van der Waals surface area contributed by atoms with Crippen molar-refractivity contribution in [3.8, 4) is 17.4 Å². The third-order valence-corrected chi connectivity index (χ3v) is 3.25. The van der Waals surface area contributed by atoms with Crippen LogP contribution in [0.15, 0.2) is 54.6 Å². The smallest absolute Gasteiger partial charge is 0.219 e. The molecule has 0 atom stereocenters. The van der Waals surface area contributed by atoms with E-state index in [9.17, 15) is 0 Å². The lowest BCUT2D eigenvalue weighted by Crippen LogP contribution is -1.98. The summed E-state index contributed by atoms with van der Waals surface area (Å²) >= 11 is 0. The molecule has 2 aromatic carbocycles. The summed E-state index contributed by atoms with van der Waals surface area (Å²) in [6, 6.07) is 17.4. The lowest BCUT2D eigenvalue weighted by atomic mass is 10.2. The van der Waals surface area contributed by atoms with E-state index >= 15 is 0 Å². The number of ether oxygens (including phenoxy) is 2. The van der Waals surface area contributed by atoms with Crippen LogP contribution >= 0.6 is 0 Å². The van der Waals surface area contributed by atoms with E-state index in [2.05, 4.69) is 4.98 Å². The van der Waals surface area contributed by atoms with Gasteiger partial charge in [-0.25, -0.2) is 4.98 Å². The maximum absolute atomic E-state index is 5.83. The van der Waals surface area contributed by atoms with Gasteiger partial charge in [-0.15, -0.1) is 0 Å². The van der Waals surface area contributed by atoms with E-state index in [-0.39, 0.29) is 0 Å². The SMILES string of the molecule is COc1cc(CN)ccc1Oc1ccc2ccccc2n1. The second-order valence-electron chi connectivity index (χ2n) is 4.63. The van der Waals surface area contributed by atoms with E-state index < -0.39 is 0 Å². The summed E-state index contributed by atoms with van der Waals surface area (Å²) in [6.45, 7) is 0.463. The van der Waals surface area contributed by atoms with Crippen molar-refractivity contribution in [3.05, 3.63) is 60.2 Å². The number of rotatable bonds is 4. The molecule has 3 rings (SSSR count). The molecule has 4 nitrogen and oxygen atoms in total. The second kappa shape index (κ2) is 5.81. The molecule has 0 aliphatic carbocycles. The fraction of sp³-hybridized carbons (Fsp3) is 0.118. The first-order valence-corrected chi connectivity index (χ1v) is 6.71. The molecular weight excluding hydrogens is 264 g/mol. The molecule has 2 N–H and O–H groups in total. The molecule has 0 aliphatic heterocycles. The van der Waals surface area contributed by atoms with Crippen LogP contribution in [0.1, 0.15) is 5.56 Å². The summed E-state index contributed by atoms with van der Waals surface area (Å²) in [5.41, 5.74) is 7.52. The molecule has 0 spiro atoms. The van der Waals surface area contributed by atoms with Crippen LogP contribution in [-0.2, 0) is 6.54 Å².